The zero-order valence-electron chi connectivity index (χ0n) is 11.7. The molecule has 1 fully saturated rings. The van der Waals surface area contributed by atoms with E-state index in [-0.39, 0.29) is 5.91 Å². The highest BCUT2D eigenvalue weighted by Gasteiger charge is 2.18. The highest BCUT2D eigenvalue weighted by molar-refractivity contribution is 9.10. The number of halogens is 1. The fourth-order valence-electron chi connectivity index (χ4n) is 2.36. The third-order valence-corrected chi connectivity index (χ3v) is 4.27. The predicted molar refractivity (Wildman–Crippen MR) is 81.3 cm³/mol. The normalized spacial score (nSPS) is 16.7. The van der Waals surface area contributed by atoms with E-state index in [0.717, 1.165) is 37.1 Å². The van der Waals surface area contributed by atoms with Crippen molar-refractivity contribution in [3.63, 3.8) is 0 Å². The number of aryl methyl sites for hydroxylation is 2. The summed E-state index contributed by atoms with van der Waals surface area (Å²) >= 11 is 3.49. The van der Waals surface area contributed by atoms with Crippen LogP contribution in [0.3, 0.4) is 0 Å². The third-order valence-electron chi connectivity index (χ3n) is 3.78. The molecule has 1 heterocycles. The summed E-state index contributed by atoms with van der Waals surface area (Å²) in [6, 6.07) is 6.26. The molecule has 1 aromatic rings. The highest BCUT2D eigenvalue weighted by Crippen LogP contribution is 2.18. The molecule has 0 saturated carbocycles. The number of carbonyl (C=O) groups is 1. The molecule has 1 aromatic carbocycles. The van der Waals surface area contributed by atoms with Crippen LogP contribution in [-0.2, 0) is 11.2 Å². The van der Waals surface area contributed by atoms with E-state index in [1.165, 1.54) is 11.1 Å². The number of rotatable bonds is 3. The first-order valence-corrected chi connectivity index (χ1v) is 7.57. The summed E-state index contributed by atoms with van der Waals surface area (Å²) in [5, 5.41) is 0. The quantitative estimate of drug-likeness (QED) is 0.852. The summed E-state index contributed by atoms with van der Waals surface area (Å²) in [5.74, 6) is 0.285. The first kappa shape index (κ1) is 14.5. The van der Waals surface area contributed by atoms with Crippen molar-refractivity contribution in [2.45, 2.75) is 19.8 Å². The molecule has 0 radical (unpaired) electrons. The summed E-state index contributed by atoms with van der Waals surface area (Å²) in [5.41, 5.74) is 2.52. The molecule has 3 nitrogen and oxygen atoms in total. The van der Waals surface area contributed by atoms with E-state index in [1.807, 2.05) is 11.0 Å². The Bertz CT molecular complexity index is 453. The molecule has 0 aromatic heterocycles. The summed E-state index contributed by atoms with van der Waals surface area (Å²) in [6.07, 6.45) is 1.44. The van der Waals surface area contributed by atoms with Crippen molar-refractivity contribution in [2.24, 2.45) is 0 Å². The van der Waals surface area contributed by atoms with Crippen LogP contribution in [0.2, 0.25) is 0 Å². The topological polar surface area (TPSA) is 23.6 Å². The minimum Gasteiger partial charge on any atom is -0.340 e. The van der Waals surface area contributed by atoms with Crippen LogP contribution in [0.5, 0.6) is 0 Å². The molecule has 0 N–H and O–H groups in total. The number of likely N-dealkylation sites (N-methyl/N-ethyl adjacent to an activating group) is 1. The molecule has 0 atom stereocenters. The van der Waals surface area contributed by atoms with Gasteiger partial charge in [-0.15, -0.1) is 0 Å². The third kappa shape index (κ3) is 4.05. The van der Waals surface area contributed by atoms with E-state index < -0.39 is 0 Å². The molecule has 2 rings (SSSR count). The Morgan fingerprint density at radius 3 is 2.63 bits per heavy atom. The smallest absolute Gasteiger partial charge is 0.222 e. The van der Waals surface area contributed by atoms with Crippen LogP contribution in [-0.4, -0.2) is 48.9 Å². The van der Waals surface area contributed by atoms with Gasteiger partial charge in [0.05, 0.1) is 0 Å². The van der Waals surface area contributed by atoms with E-state index in [2.05, 4.69) is 46.9 Å². The van der Waals surface area contributed by atoms with Crippen molar-refractivity contribution >= 4 is 21.8 Å². The number of carbonyl (C=O) groups excluding carboxylic acids is 1. The number of piperazine rings is 1. The number of nitrogens with zero attached hydrogens (tertiary/aromatic N) is 2. The molecule has 0 aliphatic carbocycles. The van der Waals surface area contributed by atoms with Crippen LogP contribution in [0, 0.1) is 6.92 Å². The van der Waals surface area contributed by atoms with E-state index >= 15 is 0 Å². The molecule has 1 saturated heterocycles. The summed E-state index contributed by atoms with van der Waals surface area (Å²) in [6.45, 7) is 5.81. The molecule has 4 heteroatoms. The number of hydrogen-bond acceptors (Lipinski definition) is 2. The Morgan fingerprint density at radius 1 is 1.26 bits per heavy atom. The van der Waals surface area contributed by atoms with Crippen molar-refractivity contribution in [3.05, 3.63) is 33.8 Å². The van der Waals surface area contributed by atoms with Gasteiger partial charge in [-0.25, -0.2) is 0 Å². The second-order valence-corrected chi connectivity index (χ2v) is 6.17. The molecular formula is C15H21BrN2O. The monoisotopic (exact) mass is 324 g/mol. The molecule has 0 spiro atoms. The van der Waals surface area contributed by atoms with Gasteiger partial charge in [-0.2, -0.15) is 0 Å². The molecule has 1 amide bonds. The van der Waals surface area contributed by atoms with Crippen molar-refractivity contribution in [3.8, 4) is 0 Å². The molecule has 0 unspecified atom stereocenters. The maximum atomic E-state index is 12.2. The predicted octanol–water partition coefficient (Wildman–Crippen LogP) is 2.46. The molecule has 104 valence electrons. The largest absolute Gasteiger partial charge is 0.340 e. The minimum atomic E-state index is 0.285. The lowest BCUT2D eigenvalue weighted by molar-refractivity contribution is -0.132. The van der Waals surface area contributed by atoms with Crippen LogP contribution in [0.1, 0.15) is 17.5 Å². The number of amides is 1. The first-order chi connectivity index (χ1) is 9.06. The van der Waals surface area contributed by atoms with Gasteiger partial charge in [0.15, 0.2) is 0 Å². The van der Waals surface area contributed by atoms with Crippen LogP contribution in [0.15, 0.2) is 22.7 Å². The molecular weight excluding hydrogens is 304 g/mol. The Balaban J connectivity index is 1.88. The van der Waals surface area contributed by atoms with Gasteiger partial charge in [-0.05, 0) is 43.7 Å². The lowest BCUT2D eigenvalue weighted by atomic mass is 10.0. The fraction of sp³-hybridized carbons (Fsp3) is 0.533. The molecule has 1 aliphatic heterocycles. The van der Waals surface area contributed by atoms with Gasteiger partial charge in [0.25, 0.3) is 0 Å². The van der Waals surface area contributed by atoms with E-state index in [1.54, 1.807) is 0 Å². The zero-order chi connectivity index (χ0) is 13.8. The van der Waals surface area contributed by atoms with Crippen molar-refractivity contribution < 1.29 is 4.79 Å². The van der Waals surface area contributed by atoms with Gasteiger partial charge in [0.1, 0.15) is 0 Å². The first-order valence-electron chi connectivity index (χ1n) is 6.77. The zero-order valence-corrected chi connectivity index (χ0v) is 13.2. The van der Waals surface area contributed by atoms with Crippen LogP contribution in [0.25, 0.3) is 0 Å². The van der Waals surface area contributed by atoms with Gasteiger partial charge in [-0.1, -0.05) is 22.0 Å². The number of benzene rings is 1. The van der Waals surface area contributed by atoms with Gasteiger partial charge in [0.2, 0.25) is 5.91 Å². The summed E-state index contributed by atoms with van der Waals surface area (Å²) < 4.78 is 1.08. The standard InChI is InChI=1S/C15H21BrN2O/c1-12-3-5-14(16)11-13(12)4-6-15(19)18-9-7-17(2)8-10-18/h3,5,11H,4,6-10H2,1-2H3. The van der Waals surface area contributed by atoms with Crippen molar-refractivity contribution in [2.75, 3.05) is 33.2 Å². The molecule has 0 bridgehead atoms. The maximum absolute atomic E-state index is 12.2. The van der Waals surface area contributed by atoms with Crippen LogP contribution in [0.4, 0.5) is 0 Å². The summed E-state index contributed by atoms with van der Waals surface area (Å²) in [7, 11) is 2.10. The second kappa shape index (κ2) is 6.53. The van der Waals surface area contributed by atoms with E-state index in [9.17, 15) is 4.79 Å². The van der Waals surface area contributed by atoms with Gasteiger partial charge >= 0.3 is 0 Å². The molecule has 1 aliphatic rings. The van der Waals surface area contributed by atoms with Crippen LogP contribution >= 0.6 is 15.9 Å². The lowest BCUT2D eigenvalue weighted by Crippen LogP contribution is -2.47. The number of hydrogen-bond donors (Lipinski definition) is 0. The van der Waals surface area contributed by atoms with Gasteiger partial charge in [-0.3, -0.25) is 4.79 Å². The van der Waals surface area contributed by atoms with Gasteiger partial charge in [0, 0.05) is 37.1 Å². The average Bonchev–Trinajstić information content (AvgIpc) is 2.40. The Labute approximate surface area is 123 Å². The second-order valence-electron chi connectivity index (χ2n) is 5.25. The molecule has 19 heavy (non-hydrogen) atoms. The van der Waals surface area contributed by atoms with Crippen molar-refractivity contribution in [1.29, 1.82) is 0 Å². The maximum Gasteiger partial charge on any atom is 0.222 e. The van der Waals surface area contributed by atoms with Crippen molar-refractivity contribution in [1.82, 2.24) is 9.80 Å². The Hall–Kier alpha value is -0.870. The Morgan fingerprint density at radius 2 is 1.95 bits per heavy atom. The highest BCUT2D eigenvalue weighted by atomic mass is 79.9. The SMILES string of the molecule is Cc1ccc(Br)cc1CCC(=O)N1CCN(C)CC1. The van der Waals surface area contributed by atoms with Crippen LogP contribution < -0.4 is 0 Å². The van der Waals surface area contributed by atoms with E-state index in [4.69, 9.17) is 0 Å². The summed E-state index contributed by atoms with van der Waals surface area (Å²) in [4.78, 5) is 16.4. The lowest BCUT2D eigenvalue weighted by Gasteiger charge is -2.32. The average molecular weight is 325 g/mol. The fourth-order valence-corrected chi connectivity index (χ4v) is 2.77. The van der Waals surface area contributed by atoms with E-state index in [0.29, 0.717) is 6.42 Å². The Kier molecular flexibility index (Phi) is 4.99. The van der Waals surface area contributed by atoms with Gasteiger partial charge < -0.3 is 9.80 Å². The minimum absolute atomic E-state index is 0.285.